The number of halogens is 1. The van der Waals surface area contributed by atoms with Crippen molar-refractivity contribution >= 4 is 31.5 Å². The van der Waals surface area contributed by atoms with E-state index in [1.54, 1.807) is 18.2 Å². The quantitative estimate of drug-likeness (QED) is 0.549. The molecule has 1 aromatic heterocycles. The summed E-state index contributed by atoms with van der Waals surface area (Å²) >= 11 is 1.47. The van der Waals surface area contributed by atoms with E-state index < -0.39 is 5.82 Å². The molecule has 84 valence electrons. The molecule has 3 rings (SSSR count). The lowest BCUT2D eigenvalue weighted by Gasteiger charge is -2.04. The molecule has 0 bridgehead atoms. The maximum Gasteiger partial charge on any atom is 0.198 e. The van der Waals surface area contributed by atoms with Gasteiger partial charge in [0, 0.05) is 14.8 Å². The molecule has 0 saturated heterocycles. The Bertz CT molecular complexity index is 789. The molecule has 3 aromatic rings. The number of fused-ring (bicyclic) bond motifs is 2. The molecule has 0 saturated carbocycles. The first-order valence-corrected chi connectivity index (χ1v) is 6.11. The molecular formula is C14H9FOS. The van der Waals surface area contributed by atoms with Crippen LogP contribution in [0.25, 0.3) is 20.2 Å². The first kappa shape index (κ1) is 10.4. The molecule has 0 aliphatic heterocycles. The molecule has 0 atom stereocenters. The molecule has 0 fully saturated rings. The molecule has 0 aliphatic carbocycles. The second-order valence-corrected chi connectivity index (χ2v) is 5.05. The smallest absolute Gasteiger partial charge is 0.198 e. The van der Waals surface area contributed by atoms with Gasteiger partial charge in [-0.15, -0.1) is 11.3 Å². The highest BCUT2D eigenvalue weighted by atomic mass is 32.1. The average molecular weight is 244 g/mol. The van der Waals surface area contributed by atoms with Gasteiger partial charge in [-0.3, -0.25) is 4.79 Å². The lowest BCUT2D eigenvalue weighted by Crippen LogP contribution is -2.03. The Balaban J connectivity index is 2.69. The van der Waals surface area contributed by atoms with Crippen LogP contribution in [-0.4, -0.2) is 0 Å². The maximum absolute atomic E-state index is 13.8. The first-order chi connectivity index (χ1) is 8.18. The van der Waals surface area contributed by atoms with E-state index in [1.165, 1.54) is 17.4 Å². The largest absolute Gasteiger partial charge is 0.288 e. The topological polar surface area (TPSA) is 17.1 Å². The van der Waals surface area contributed by atoms with Crippen LogP contribution in [0.15, 0.2) is 41.2 Å². The van der Waals surface area contributed by atoms with Crippen LogP contribution in [0.4, 0.5) is 4.39 Å². The predicted octanol–water partition coefficient (Wildman–Crippen LogP) is 3.86. The van der Waals surface area contributed by atoms with E-state index in [0.29, 0.717) is 5.39 Å². The van der Waals surface area contributed by atoms with Gasteiger partial charge in [0.05, 0.1) is 5.39 Å². The Hall–Kier alpha value is -1.74. The molecule has 0 spiro atoms. The molecule has 1 nitrogen and oxygen atoms in total. The van der Waals surface area contributed by atoms with Gasteiger partial charge in [-0.2, -0.15) is 0 Å². The highest BCUT2D eigenvalue weighted by molar-refractivity contribution is 7.24. The summed E-state index contributed by atoms with van der Waals surface area (Å²) in [6, 6.07) is 10.4. The third-order valence-corrected chi connectivity index (χ3v) is 4.18. The van der Waals surface area contributed by atoms with Crippen molar-refractivity contribution in [2.75, 3.05) is 0 Å². The molecule has 0 radical (unpaired) electrons. The van der Waals surface area contributed by atoms with Gasteiger partial charge in [0.1, 0.15) is 5.82 Å². The Morgan fingerprint density at radius 1 is 1.12 bits per heavy atom. The van der Waals surface area contributed by atoms with Crippen LogP contribution in [0.3, 0.4) is 0 Å². The zero-order chi connectivity index (χ0) is 12.0. The van der Waals surface area contributed by atoms with Gasteiger partial charge in [0.15, 0.2) is 5.43 Å². The third-order valence-electron chi connectivity index (χ3n) is 2.87. The minimum absolute atomic E-state index is 0.212. The third kappa shape index (κ3) is 1.46. The van der Waals surface area contributed by atoms with Crippen molar-refractivity contribution in [2.24, 2.45) is 0 Å². The van der Waals surface area contributed by atoms with Crippen molar-refractivity contribution in [3.63, 3.8) is 0 Å². The molecule has 0 N–H and O–H groups in total. The Morgan fingerprint density at radius 2 is 1.88 bits per heavy atom. The van der Waals surface area contributed by atoms with Gasteiger partial charge in [0.2, 0.25) is 0 Å². The van der Waals surface area contributed by atoms with Crippen molar-refractivity contribution in [3.8, 4) is 0 Å². The summed E-state index contributed by atoms with van der Waals surface area (Å²) in [6.07, 6.45) is 0. The number of hydrogen-bond acceptors (Lipinski definition) is 2. The van der Waals surface area contributed by atoms with Gasteiger partial charge in [-0.25, -0.2) is 4.39 Å². The molecular weight excluding hydrogens is 235 g/mol. The molecule has 0 unspecified atom stereocenters. The SMILES string of the molecule is Cc1ccc(F)c2c(=O)c3ccccc3sc12. The van der Waals surface area contributed by atoms with Crippen molar-refractivity contribution in [1.29, 1.82) is 0 Å². The minimum atomic E-state index is -0.433. The number of benzene rings is 2. The fourth-order valence-corrected chi connectivity index (χ4v) is 3.15. The van der Waals surface area contributed by atoms with Crippen molar-refractivity contribution in [3.05, 3.63) is 58.0 Å². The minimum Gasteiger partial charge on any atom is -0.288 e. The van der Waals surface area contributed by atoms with Gasteiger partial charge in [-0.1, -0.05) is 18.2 Å². The molecule has 1 heterocycles. The lowest BCUT2D eigenvalue weighted by molar-refractivity contribution is 0.639. The number of rotatable bonds is 0. The first-order valence-electron chi connectivity index (χ1n) is 5.29. The number of aryl methyl sites for hydroxylation is 1. The molecule has 0 amide bonds. The fourth-order valence-electron chi connectivity index (χ4n) is 1.99. The summed E-state index contributed by atoms with van der Waals surface area (Å²) in [5.74, 6) is -0.433. The highest BCUT2D eigenvalue weighted by Gasteiger charge is 2.11. The Kier molecular flexibility index (Phi) is 2.23. The lowest BCUT2D eigenvalue weighted by atomic mass is 10.1. The van der Waals surface area contributed by atoms with E-state index in [2.05, 4.69) is 0 Å². The zero-order valence-electron chi connectivity index (χ0n) is 9.16. The van der Waals surface area contributed by atoms with Crippen LogP contribution >= 0.6 is 11.3 Å². The monoisotopic (exact) mass is 244 g/mol. The summed E-state index contributed by atoms with van der Waals surface area (Å²) in [5.41, 5.74) is 0.727. The van der Waals surface area contributed by atoms with E-state index in [9.17, 15) is 9.18 Å². The molecule has 17 heavy (non-hydrogen) atoms. The fraction of sp³-hybridized carbons (Fsp3) is 0.0714. The van der Waals surface area contributed by atoms with Crippen molar-refractivity contribution < 1.29 is 4.39 Å². The average Bonchev–Trinajstić information content (AvgIpc) is 2.34. The van der Waals surface area contributed by atoms with Crippen LogP contribution in [0, 0.1) is 12.7 Å². The van der Waals surface area contributed by atoms with E-state index in [0.717, 1.165) is 15.0 Å². The van der Waals surface area contributed by atoms with Gasteiger partial charge >= 0.3 is 0 Å². The van der Waals surface area contributed by atoms with E-state index in [1.807, 2.05) is 19.1 Å². The molecule has 0 aliphatic rings. The van der Waals surface area contributed by atoms with E-state index in [4.69, 9.17) is 0 Å². The van der Waals surface area contributed by atoms with Crippen LogP contribution < -0.4 is 5.43 Å². The van der Waals surface area contributed by atoms with Crippen molar-refractivity contribution in [1.82, 2.24) is 0 Å². The van der Waals surface area contributed by atoms with Crippen molar-refractivity contribution in [2.45, 2.75) is 6.92 Å². The van der Waals surface area contributed by atoms with E-state index >= 15 is 0 Å². The molecule has 3 heteroatoms. The Morgan fingerprint density at radius 3 is 2.71 bits per heavy atom. The standard InChI is InChI=1S/C14H9FOS/c1-8-6-7-10(15)12-13(16)9-4-2-3-5-11(9)17-14(8)12/h2-7H,1H3. The van der Waals surface area contributed by atoms with Crippen LogP contribution in [0.2, 0.25) is 0 Å². The van der Waals surface area contributed by atoms with E-state index in [-0.39, 0.29) is 10.8 Å². The van der Waals surface area contributed by atoms with Gasteiger partial charge in [-0.05, 0) is 30.7 Å². The summed E-state index contributed by atoms with van der Waals surface area (Å²) < 4.78 is 15.4. The zero-order valence-corrected chi connectivity index (χ0v) is 9.98. The second kappa shape index (κ2) is 3.64. The molecule has 2 aromatic carbocycles. The van der Waals surface area contributed by atoms with Crippen LogP contribution in [-0.2, 0) is 0 Å². The maximum atomic E-state index is 13.8. The Labute approximate surface area is 101 Å². The van der Waals surface area contributed by atoms with Crippen LogP contribution in [0.5, 0.6) is 0 Å². The highest BCUT2D eigenvalue weighted by Crippen LogP contribution is 2.28. The summed E-state index contributed by atoms with van der Waals surface area (Å²) in [4.78, 5) is 12.2. The summed E-state index contributed by atoms with van der Waals surface area (Å²) in [6.45, 7) is 1.90. The van der Waals surface area contributed by atoms with Gasteiger partial charge in [0.25, 0.3) is 0 Å². The predicted molar refractivity (Wildman–Crippen MR) is 70.3 cm³/mol. The summed E-state index contributed by atoms with van der Waals surface area (Å²) in [5, 5.41) is 0.809. The number of hydrogen-bond donors (Lipinski definition) is 0. The summed E-state index contributed by atoms with van der Waals surface area (Å²) in [7, 11) is 0. The van der Waals surface area contributed by atoms with Gasteiger partial charge < -0.3 is 0 Å². The normalized spacial score (nSPS) is 11.2. The van der Waals surface area contributed by atoms with Crippen LogP contribution in [0.1, 0.15) is 5.56 Å². The second-order valence-electron chi connectivity index (χ2n) is 4.00.